The predicted octanol–water partition coefficient (Wildman–Crippen LogP) is 3.59. The van der Waals surface area contributed by atoms with Crippen molar-refractivity contribution in [1.82, 2.24) is 9.21 Å². The van der Waals surface area contributed by atoms with Gasteiger partial charge in [0.25, 0.3) is 0 Å². The standard InChI is InChI=1S/C21H28Cl2N2O5S/c1-2-30-19(26)10-11-24(14-15-6-7-15)21(27)16-8-12-25(13-9-16)31(28,29)20-17(22)4-3-5-18(20)23/h3-5,15-16H,2,6-14H2,1H3. The third-order valence-corrected chi connectivity index (χ3v) is 8.55. The Labute approximate surface area is 193 Å². The molecule has 3 rings (SSSR count). The molecule has 10 heteroatoms. The molecule has 0 aromatic heterocycles. The van der Waals surface area contributed by atoms with E-state index in [1.54, 1.807) is 17.9 Å². The quantitative estimate of drug-likeness (QED) is 0.493. The normalized spacial score (nSPS) is 18.0. The van der Waals surface area contributed by atoms with Crippen LogP contribution in [0.25, 0.3) is 0 Å². The first-order chi connectivity index (χ1) is 14.7. The molecule has 0 radical (unpaired) electrons. The summed E-state index contributed by atoms with van der Waals surface area (Å²) in [6.45, 7) is 3.49. The number of benzene rings is 1. The molecule has 1 saturated carbocycles. The SMILES string of the molecule is CCOC(=O)CCN(CC1CC1)C(=O)C1CCN(S(=O)(=O)c2c(Cl)cccc2Cl)CC1. The van der Waals surface area contributed by atoms with E-state index in [0.717, 1.165) is 12.8 Å². The summed E-state index contributed by atoms with van der Waals surface area (Å²) in [5.74, 6) is -0.0965. The van der Waals surface area contributed by atoms with E-state index in [0.29, 0.717) is 38.5 Å². The van der Waals surface area contributed by atoms with Crippen molar-refractivity contribution in [3.8, 4) is 0 Å². The van der Waals surface area contributed by atoms with Crippen LogP contribution in [0.5, 0.6) is 0 Å². The van der Waals surface area contributed by atoms with E-state index in [4.69, 9.17) is 27.9 Å². The predicted molar refractivity (Wildman–Crippen MR) is 118 cm³/mol. The minimum atomic E-state index is -3.85. The Balaban J connectivity index is 1.62. The average Bonchev–Trinajstić information content (AvgIpc) is 3.55. The molecule has 2 aliphatic rings. The number of hydrogen-bond acceptors (Lipinski definition) is 5. The van der Waals surface area contributed by atoms with Gasteiger partial charge in [0, 0.05) is 32.1 Å². The molecule has 0 bridgehead atoms. The van der Waals surface area contributed by atoms with Crippen molar-refractivity contribution in [2.24, 2.45) is 11.8 Å². The summed E-state index contributed by atoms with van der Waals surface area (Å²) in [5, 5.41) is 0.167. The number of sulfonamides is 1. The van der Waals surface area contributed by atoms with Crippen molar-refractivity contribution in [2.45, 2.75) is 43.9 Å². The maximum Gasteiger partial charge on any atom is 0.307 e. The van der Waals surface area contributed by atoms with Crippen LogP contribution in [0.3, 0.4) is 0 Å². The van der Waals surface area contributed by atoms with Crippen LogP contribution in [0, 0.1) is 11.8 Å². The van der Waals surface area contributed by atoms with Gasteiger partial charge in [-0.1, -0.05) is 29.3 Å². The Morgan fingerprint density at radius 3 is 2.29 bits per heavy atom. The summed E-state index contributed by atoms with van der Waals surface area (Å²) < 4.78 is 32.4. The number of ether oxygens (including phenoxy) is 1. The fourth-order valence-electron chi connectivity index (χ4n) is 3.82. The molecule has 1 aliphatic carbocycles. The van der Waals surface area contributed by atoms with Crippen molar-refractivity contribution in [1.29, 1.82) is 0 Å². The number of carbonyl (C=O) groups excluding carboxylic acids is 2. The van der Waals surface area contributed by atoms with Crippen LogP contribution in [0.4, 0.5) is 0 Å². The van der Waals surface area contributed by atoms with Gasteiger partial charge in [-0.2, -0.15) is 4.31 Å². The van der Waals surface area contributed by atoms with Crippen molar-refractivity contribution >= 4 is 45.1 Å². The first-order valence-electron chi connectivity index (χ1n) is 10.6. The number of hydrogen-bond donors (Lipinski definition) is 0. The van der Waals surface area contributed by atoms with Gasteiger partial charge in [0.1, 0.15) is 4.90 Å². The lowest BCUT2D eigenvalue weighted by atomic mass is 9.96. The summed E-state index contributed by atoms with van der Waals surface area (Å²) in [5.41, 5.74) is 0. The molecule has 1 amide bonds. The monoisotopic (exact) mass is 490 g/mol. The minimum Gasteiger partial charge on any atom is -0.466 e. The summed E-state index contributed by atoms with van der Waals surface area (Å²) in [6, 6.07) is 4.59. The Hall–Kier alpha value is -1.35. The van der Waals surface area contributed by atoms with Crippen LogP contribution in [0.15, 0.2) is 23.1 Å². The number of carbonyl (C=O) groups is 2. The maximum absolute atomic E-state index is 13.1. The molecule has 7 nitrogen and oxygen atoms in total. The van der Waals surface area contributed by atoms with Gasteiger partial charge in [-0.25, -0.2) is 8.42 Å². The summed E-state index contributed by atoms with van der Waals surface area (Å²) >= 11 is 12.2. The highest BCUT2D eigenvalue weighted by atomic mass is 35.5. The number of amides is 1. The molecular weight excluding hydrogens is 463 g/mol. The summed E-state index contributed by atoms with van der Waals surface area (Å²) in [7, 11) is -3.85. The average molecular weight is 491 g/mol. The second-order valence-electron chi connectivity index (χ2n) is 8.01. The molecule has 0 spiro atoms. The summed E-state index contributed by atoms with van der Waals surface area (Å²) in [4.78, 5) is 26.5. The lowest BCUT2D eigenvalue weighted by Crippen LogP contribution is -2.45. The van der Waals surface area contributed by atoms with Crippen molar-refractivity contribution in [3.05, 3.63) is 28.2 Å². The second kappa shape index (κ2) is 10.5. The molecule has 172 valence electrons. The van der Waals surface area contributed by atoms with Crippen LogP contribution in [0.1, 0.15) is 39.0 Å². The van der Waals surface area contributed by atoms with Gasteiger partial charge in [-0.15, -0.1) is 0 Å². The molecule has 0 N–H and O–H groups in total. The lowest BCUT2D eigenvalue weighted by Gasteiger charge is -2.34. The molecular formula is C21H28Cl2N2O5S. The van der Waals surface area contributed by atoms with Gasteiger partial charge >= 0.3 is 5.97 Å². The van der Waals surface area contributed by atoms with E-state index < -0.39 is 10.0 Å². The first kappa shape index (κ1) is 24.3. The molecule has 1 aliphatic heterocycles. The van der Waals surface area contributed by atoms with E-state index in [-0.39, 0.29) is 52.2 Å². The number of nitrogens with zero attached hydrogens (tertiary/aromatic N) is 2. The molecule has 1 aromatic carbocycles. The van der Waals surface area contributed by atoms with Gasteiger partial charge in [-0.05, 0) is 50.7 Å². The van der Waals surface area contributed by atoms with E-state index >= 15 is 0 Å². The molecule has 1 heterocycles. The van der Waals surface area contributed by atoms with Crippen LogP contribution < -0.4 is 0 Å². The third kappa shape index (κ3) is 6.12. The van der Waals surface area contributed by atoms with Crippen LogP contribution >= 0.6 is 23.2 Å². The molecule has 31 heavy (non-hydrogen) atoms. The fraction of sp³-hybridized carbons (Fsp3) is 0.619. The van der Waals surface area contributed by atoms with E-state index in [1.807, 2.05) is 0 Å². The van der Waals surface area contributed by atoms with Gasteiger partial charge < -0.3 is 9.64 Å². The highest BCUT2D eigenvalue weighted by Gasteiger charge is 2.37. The maximum atomic E-state index is 13.1. The number of piperidine rings is 1. The molecule has 0 atom stereocenters. The fourth-order valence-corrected chi connectivity index (χ4v) is 6.38. The first-order valence-corrected chi connectivity index (χ1v) is 12.8. The zero-order chi connectivity index (χ0) is 22.6. The lowest BCUT2D eigenvalue weighted by molar-refractivity contribution is -0.144. The topological polar surface area (TPSA) is 84.0 Å². The van der Waals surface area contributed by atoms with Crippen molar-refractivity contribution < 1.29 is 22.7 Å². The van der Waals surface area contributed by atoms with E-state index in [2.05, 4.69) is 0 Å². The Bertz CT molecular complexity index is 892. The third-order valence-electron chi connectivity index (χ3n) is 5.70. The zero-order valence-electron chi connectivity index (χ0n) is 17.6. The number of rotatable bonds is 9. The van der Waals surface area contributed by atoms with Crippen LogP contribution in [-0.4, -0.2) is 62.3 Å². The largest absolute Gasteiger partial charge is 0.466 e. The second-order valence-corrected chi connectivity index (χ2v) is 10.7. The van der Waals surface area contributed by atoms with Gasteiger partial charge in [0.2, 0.25) is 15.9 Å². The van der Waals surface area contributed by atoms with Gasteiger partial charge in [-0.3, -0.25) is 9.59 Å². The molecule has 2 fully saturated rings. The Morgan fingerprint density at radius 1 is 1.13 bits per heavy atom. The van der Waals surface area contributed by atoms with Crippen molar-refractivity contribution in [3.63, 3.8) is 0 Å². The Kier molecular flexibility index (Phi) is 8.24. The molecule has 1 saturated heterocycles. The highest BCUT2D eigenvalue weighted by Crippen LogP contribution is 2.34. The van der Waals surface area contributed by atoms with Gasteiger partial charge in [0.15, 0.2) is 0 Å². The Morgan fingerprint density at radius 2 is 1.74 bits per heavy atom. The van der Waals surface area contributed by atoms with E-state index in [1.165, 1.54) is 16.4 Å². The van der Waals surface area contributed by atoms with E-state index in [9.17, 15) is 18.0 Å². The summed E-state index contributed by atoms with van der Waals surface area (Å²) in [6.07, 6.45) is 3.20. The van der Waals surface area contributed by atoms with Gasteiger partial charge in [0.05, 0.1) is 23.1 Å². The molecule has 1 aromatic rings. The smallest absolute Gasteiger partial charge is 0.307 e. The minimum absolute atomic E-state index is 0.0102. The number of halogens is 2. The van der Waals surface area contributed by atoms with Crippen LogP contribution in [-0.2, 0) is 24.3 Å². The number of esters is 1. The van der Waals surface area contributed by atoms with Crippen molar-refractivity contribution in [2.75, 3.05) is 32.8 Å². The highest BCUT2D eigenvalue weighted by molar-refractivity contribution is 7.89. The van der Waals surface area contributed by atoms with Crippen LogP contribution in [0.2, 0.25) is 10.0 Å². The zero-order valence-corrected chi connectivity index (χ0v) is 19.9. The molecule has 0 unspecified atom stereocenters.